The lowest BCUT2D eigenvalue weighted by molar-refractivity contribution is 0.115. The SMILES string of the molecule is CC1(C)CCCN(CCC2CNc3ccccc32)C1. The Bertz CT molecular complexity index is 439. The molecule has 0 bridgehead atoms. The highest BCUT2D eigenvalue weighted by atomic mass is 15.1. The Labute approximate surface area is 117 Å². The summed E-state index contributed by atoms with van der Waals surface area (Å²) in [4.78, 5) is 2.67. The Morgan fingerprint density at radius 1 is 1.32 bits per heavy atom. The van der Waals surface area contributed by atoms with Gasteiger partial charge in [-0.2, -0.15) is 0 Å². The van der Waals surface area contributed by atoms with Gasteiger partial charge in [-0.25, -0.2) is 0 Å². The summed E-state index contributed by atoms with van der Waals surface area (Å²) in [5, 5.41) is 3.54. The number of likely N-dealkylation sites (tertiary alicyclic amines) is 1. The molecule has 1 aromatic carbocycles. The Morgan fingerprint density at radius 2 is 2.16 bits per heavy atom. The van der Waals surface area contributed by atoms with Gasteiger partial charge in [0.15, 0.2) is 0 Å². The van der Waals surface area contributed by atoms with Gasteiger partial charge >= 0.3 is 0 Å². The summed E-state index contributed by atoms with van der Waals surface area (Å²) in [7, 11) is 0. The number of benzene rings is 1. The molecule has 2 heteroatoms. The van der Waals surface area contributed by atoms with Crippen LogP contribution in [0, 0.1) is 5.41 Å². The average Bonchev–Trinajstić information content (AvgIpc) is 2.78. The van der Waals surface area contributed by atoms with E-state index in [2.05, 4.69) is 48.3 Å². The van der Waals surface area contributed by atoms with Crippen molar-refractivity contribution in [2.24, 2.45) is 5.41 Å². The summed E-state index contributed by atoms with van der Waals surface area (Å²) >= 11 is 0. The molecule has 2 aliphatic rings. The van der Waals surface area contributed by atoms with E-state index in [1.54, 1.807) is 0 Å². The van der Waals surface area contributed by atoms with Gasteiger partial charge in [-0.05, 0) is 49.4 Å². The van der Waals surface area contributed by atoms with E-state index in [0.717, 1.165) is 6.54 Å². The van der Waals surface area contributed by atoms with Crippen molar-refractivity contribution in [1.82, 2.24) is 4.90 Å². The first-order valence-electron chi connectivity index (χ1n) is 7.69. The van der Waals surface area contributed by atoms with Crippen LogP contribution in [0.5, 0.6) is 0 Å². The van der Waals surface area contributed by atoms with Gasteiger partial charge in [0.1, 0.15) is 0 Å². The monoisotopic (exact) mass is 258 g/mol. The summed E-state index contributed by atoms with van der Waals surface area (Å²) in [5.41, 5.74) is 3.40. The zero-order valence-corrected chi connectivity index (χ0v) is 12.3. The molecule has 1 N–H and O–H groups in total. The van der Waals surface area contributed by atoms with Crippen LogP contribution in [0.15, 0.2) is 24.3 Å². The molecule has 0 radical (unpaired) electrons. The first-order valence-corrected chi connectivity index (χ1v) is 7.69. The van der Waals surface area contributed by atoms with E-state index in [1.807, 2.05) is 0 Å². The normalized spacial score (nSPS) is 25.9. The standard InChI is InChI=1S/C17H26N2/c1-17(2)9-5-10-19(13-17)11-8-14-12-18-16-7-4-3-6-15(14)16/h3-4,6-7,14,18H,5,8-13H2,1-2H3. The molecule has 1 atom stereocenters. The highest BCUT2D eigenvalue weighted by molar-refractivity contribution is 5.57. The highest BCUT2D eigenvalue weighted by Crippen LogP contribution is 2.34. The van der Waals surface area contributed by atoms with Gasteiger partial charge in [-0.1, -0.05) is 32.0 Å². The molecule has 19 heavy (non-hydrogen) atoms. The lowest BCUT2D eigenvalue weighted by atomic mass is 9.84. The molecular weight excluding hydrogens is 232 g/mol. The van der Waals surface area contributed by atoms with Crippen LogP contribution in [0.4, 0.5) is 5.69 Å². The Kier molecular flexibility index (Phi) is 3.53. The van der Waals surface area contributed by atoms with Crippen molar-refractivity contribution < 1.29 is 0 Å². The number of nitrogens with zero attached hydrogens (tertiary/aromatic N) is 1. The predicted molar refractivity (Wildman–Crippen MR) is 81.7 cm³/mol. The van der Waals surface area contributed by atoms with Crippen LogP contribution in [0.3, 0.4) is 0 Å². The molecule has 0 aliphatic carbocycles. The summed E-state index contributed by atoms with van der Waals surface area (Å²) in [5.74, 6) is 0.709. The van der Waals surface area contributed by atoms with E-state index in [-0.39, 0.29) is 0 Å². The quantitative estimate of drug-likeness (QED) is 0.889. The van der Waals surface area contributed by atoms with Crippen molar-refractivity contribution in [3.63, 3.8) is 0 Å². The number of piperidine rings is 1. The van der Waals surface area contributed by atoms with Crippen LogP contribution in [-0.2, 0) is 0 Å². The molecule has 2 nitrogen and oxygen atoms in total. The summed E-state index contributed by atoms with van der Waals surface area (Å²) in [6.07, 6.45) is 4.05. The molecule has 0 amide bonds. The molecule has 1 aromatic rings. The van der Waals surface area contributed by atoms with Gasteiger partial charge in [0.25, 0.3) is 0 Å². The second-order valence-electron chi connectivity index (χ2n) is 7.00. The van der Waals surface area contributed by atoms with Crippen molar-refractivity contribution in [1.29, 1.82) is 0 Å². The van der Waals surface area contributed by atoms with E-state index in [0.29, 0.717) is 11.3 Å². The average molecular weight is 258 g/mol. The van der Waals surface area contributed by atoms with Gasteiger partial charge in [0.05, 0.1) is 0 Å². The first kappa shape index (κ1) is 13.0. The van der Waals surface area contributed by atoms with Crippen molar-refractivity contribution in [3.05, 3.63) is 29.8 Å². The molecule has 2 heterocycles. The third-order valence-electron chi connectivity index (χ3n) is 4.71. The van der Waals surface area contributed by atoms with Crippen LogP contribution in [0.2, 0.25) is 0 Å². The second-order valence-corrected chi connectivity index (χ2v) is 7.00. The van der Waals surface area contributed by atoms with Crippen molar-refractivity contribution in [2.75, 3.05) is 31.5 Å². The third kappa shape index (κ3) is 2.94. The largest absolute Gasteiger partial charge is 0.384 e. The fourth-order valence-corrected chi connectivity index (χ4v) is 3.69. The minimum absolute atomic E-state index is 0.518. The number of hydrogen-bond acceptors (Lipinski definition) is 2. The minimum atomic E-state index is 0.518. The number of anilines is 1. The topological polar surface area (TPSA) is 15.3 Å². The smallest absolute Gasteiger partial charge is 0.0376 e. The zero-order chi connectivity index (χ0) is 13.3. The van der Waals surface area contributed by atoms with Crippen molar-refractivity contribution in [2.45, 2.75) is 39.0 Å². The maximum absolute atomic E-state index is 3.54. The number of hydrogen-bond donors (Lipinski definition) is 1. The summed E-state index contributed by atoms with van der Waals surface area (Å²) < 4.78 is 0. The fourth-order valence-electron chi connectivity index (χ4n) is 3.69. The Hall–Kier alpha value is -1.02. The van der Waals surface area contributed by atoms with E-state index in [1.165, 1.54) is 50.1 Å². The molecule has 1 unspecified atom stereocenters. The second kappa shape index (κ2) is 5.16. The summed E-state index contributed by atoms with van der Waals surface area (Å²) in [6, 6.07) is 8.80. The van der Waals surface area contributed by atoms with Gasteiger partial charge < -0.3 is 10.2 Å². The van der Waals surface area contributed by atoms with Gasteiger partial charge in [0.2, 0.25) is 0 Å². The van der Waals surface area contributed by atoms with E-state index in [9.17, 15) is 0 Å². The van der Waals surface area contributed by atoms with E-state index < -0.39 is 0 Å². The highest BCUT2D eigenvalue weighted by Gasteiger charge is 2.27. The van der Waals surface area contributed by atoms with Crippen LogP contribution < -0.4 is 5.32 Å². The lowest BCUT2D eigenvalue weighted by Crippen LogP contribution is -2.40. The van der Waals surface area contributed by atoms with Crippen molar-refractivity contribution >= 4 is 5.69 Å². The molecule has 2 aliphatic heterocycles. The van der Waals surface area contributed by atoms with E-state index >= 15 is 0 Å². The lowest BCUT2D eigenvalue weighted by Gasteiger charge is -2.38. The molecular formula is C17H26N2. The molecule has 3 rings (SSSR count). The van der Waals surface area contributed by atoms with E-state index in [4.69, 9.17) is 0 Å². The number of fused-ring (bicyclic) bond motifs is 1. The first-order chi connectivity index (χ1) is 9.14. The van der Waals surface area contributed by atoms with Crippen LogP contribution >= 0.6 is 0 Å². The summed E-state index contributed by atoms with van der Waals surface area (Å²) in [6.45, 7) is 9.76. The third-order valence-corrected chi connectivity index (χ3v) is 4.71. The number of rotatable bonds is 3. The molecule has 0 aromatic heterocycles. The molecule has 1 fully saturated rings. The van der Waals surface area contributed by atoms with Crippen LogP contribution in [0.1, 0.15) is 44.6 Å². The van der Waals surface area contributed by atoms with Crippen LogP contribution in [-0.4, -0.2) is 31.1 Å². The minimum Gasteiger partial charge on any atom is -0.384 e. The van der Waals surface area contributed by atoms with Gasteiger partial charge in [-0.15, -0.1) is 0 Å². The Balaban J connectivity index is 1.56. The van der Waals surface area contributed by atoms with Gasteiger partial charge in [0, 0.05) is 24.7 Å². The zero-order valence-electron chi connectivity index (χ0n) is 12.3. The predicted octanol–water partition coefficient (Wildman–Crippen LogP) is 3.71. The molecule has 0 spiro atoms. The maximum Gasteiger partial charge on any atom is 0.0376 e. The fraction of sp³-hybridized carbons (Fsp3) is 0.647. The number of nitrogens with one attached hydrogen (secondary N) is 1. The molecule has 104 valence electrons. The van der Waals surface area contributed by atoms with Gasteiger partial charge in [-0.3, -0.25) is 0 Å². The molecule has 1 saturated heterocycles. The van der Waals surface area contributed by atoms with Crippen LogP contribution in [0.25, 0.3) is 0 Å². The van der Waals surface area contributed by atoms with Crippen molar-refractivity contribution in [3.8, 4) is 0 Å². The molecule has 0 saturated carbocycles. The Morgan fingerprint density at radius 3 is 3.00 bits per heavy atom. The number of para-hydroxylation sites is 1. The maximum atomic E-state index is 3.54.